The maximum Gasteiger partial charge on any atom is 0.328 e. The van der Waals surface area contributed by atoms with Crippen LogP contribution in [0.2, 0.25) is 0 Å². The first kappa shape index (κ1) is 16.3. The maximum atomic E-state index is 12.1. The van der Waals surface area contributed by atoms with Crippen molar-refractivity contribution in [2.75, 3.05) is 6.54 Å². The summed E-state index contributed by atoms with van der Waals surface area (Å²) < 4.78 is 4.45. The monoisotopic (exact) mass is 353 g/mol. The largest absolute Gasteiger partial charge is 0.328 e. The minimum atomic E-state index is 0.0108. The van der Waals surface area contributed by atoms with Gasteiger partial charge in [-0.15, -0.1) is 0 Å². The second-order valence-electron chi connectivity index (χ2n) is 5.94. The molecule has 1 aromatic heterocycles. The number of nitrogens with one attached hydrogen (secondary N) is 1. The van der Waals surface area contributed by atoms with Gasteiger partial charge in [0.25, 0.3) is 0 Å². The van der Waals surface area contributed by atoms with Crippen molar-refractivity contribution in [3.8, 4) is 0 Å². The van der Waals surface area contributed by atoms with E-state index in [-0.39, 0.29) is 11.7 Å². The van der Waals surface area contributed by atoms with Crippen LogP contribution < -0.4 is 11.0 Å². The molecule has 21 heavy (non-hydrogen) atoms. The molecule has 5 heteroatoms. The van der Waals surface area contributed by atoms with Crippen LogP contribution in [-0.2, 0) is 14.1 Å². The van der Waals surface area contributed by atoms with E-state index in [1.54, 1.807) is 9.13 Å². The first-order valence-corrected chi connectivity index (χ1v) is 8.26. The van der Waals surface area contributed by atoms with Gasteiger partial charge in [0.1, 0.15) is 0 Å². The van der Waals surface area contributed by atoms with Crippen molar-refractivity contribution in [2.45, 2.75) is 33.2 Å². The number of nitrogens with zero attached hydrogens (tertiary/aromatic N) is 2. The summed E-state index contributed by atoms with van der Waals surface area (Å²) in [5.41, 5.74) is 3.16. The lowest BCUT2D eigenvalue weighted by molar-refractivity contribution is 0.412. The molecule has 0 aliphatic rings. The van der Waals surface area contributed by atoms with E-state index in [9.17, 15) is 4.79 Å². The molecule has 0 aliphatic carbocycles. The smallest absolute Gasteiger partial charge is 0.310 e. The van der Waals surface area contributed by atoms with Crippen LogP contribution in [0.4, 0.5) is 0 Å². The summed E-state index contributed by atoms with van der Waals surface area (Å²) in [5, 5.41) is 3.61. The number of fused-ring (bicyclic) bond motifs is 1. The van der Waals surface area contributed by atoms with Crippen molar-refractivity contribution < 1.29 is 0 Å². The summed E-state index contributed by atoms with van der Waals surface area (Å²) in [4.78, 5) is 12.1. The van der Waals surface area contributed by atoms with E-state index in [1.807, 2.05) is 14.1 Å². The summed E-state index contributed by atoms with van der Waals surface area (Å²) >= 11 is 3.68. The van der Waals surface area contributed by atoms with Crippen LogP contribution in [0.3, 0.4) is 0 Å². The van der Waals surface area contributed by atoms with Crippen molar-refractivity contribution in [2.24, 2.45) is 20.0 Å². The Morgan fingerprint density at radius 3 is 2.29 bits per heavy atom. The van der Waals surface area contributed by atoms with E-state index in [2.05, 4.69) is 54.2 Å². The number of imidazole rings is 1. The number of halogens is 1. The lowest BCUT2D eigenvalue weighted by atomic mass is 9.95. The third-order valence-electron chi connectivity index (χ3n) is 4.01. The van der Waals surface area contributed by atoms with Crippen molar-refractivity contribution in [1.82, 2.24) is 14.5 Å². The minimum Gasteiger partial charge on any atom is -0.310 e. The van der Waals surface area contributed by atoms with Crippen LogP contribution in [0, 0.1) is 5.92 Å². The third kappa shape index (κ3) is 2.94. The van der Waals surface area contributed by atoms with E-state index >= 15 is 0 Å². The van der Waals surface area contributed by atoms with Gasteiger partial charge < -0.3 is 5.32 Å². The molecule has 0 spiro atoms. The summed E-state index contributed by atoms with van der Waals surface area (Å²) in [7, 11) is 3.64. The zero-order valence-electron chi connectivity index (χ0n) is 13.4. The van der Waals surface area contributed by atoms with Crippen LogP contribution in [-0.4, -0.2) is 15.7 Å². The Morgan fingerprint density at radius 2 is 1.76 bits per heavy atom. The molecule has 2 rings (SSSR count). The van der Waals surface area contributed by atoms with Crippen molar-refractivity contribution in [1.29, 1.82) is 0 Å². The highest BCUT2D eigenvalue weighted by atomic mass is 79.9. The van der Waals surface area contributed by atoms with Gasteiger partial charge in [0.2, 0.25) is 0 Å². The number of hydrogen-bond donors (Lipinski definition) is 1. The molecule has 0 fully saturated rings. The summed E-state index contributed by atoms with van der Waals surface area (Å²) in [6.45, 7) is 7.59. The highest BCUT2D eigenvalue weighted by Crippen LogP contribution is 2.32. The molecule has 1 N–H and O–H groups in total. The Balaban J connectivity index is 2.60. The van der Waals surface area contributed by atoms with Crippen LogP contribution in [0.1, 0.15) is 38.8 Å². The van der Waals surface area contributed by atoms with Gasteiger partial charge in [-0.05, 0) is 36.6 Å². The molecule has 1 atom stereocenters. The third-order valence-corrected chi connectivity index (χ3v) is 4.69. The van der Waals surface area contributed by atoms with Crippen LogP contribution >= 0.6 is 15.9 Å². The Labute approximate surface area is 134 Å². The molecule has 0 bridgehead atoms. The predicted molar refractivity (Wildman–Crippen MR) is 91.7 cm³/mol. The fraction of sp³-hybridized carbons (Fsp3) is 0.562. The van der Waals surface area contributed by atoms with Crippen LogP contribution in [0.15, 0.2) is 21.4 Å². The summed E-state index contributed by atoms with van der Waals surface area (Å²) in [6.07, 6.45) is 1.10. The standard InChI is InChI=1S/C16H24BrN3O/c1-6-7-18-15(10(2)3)11-8-13-14(9-12(11)17)20(5)16(21)19(13)4/h8-10,15,18H,6-7H2,1-5H3. The molecule has 0 amide bonds. The molecule has 2 aromatic rings. The molecule has 0 radical (unpaired) electrons. The molecule has 0 aliphatic heterocycles. The van der Waals surface area contributed by atoms with Gasteiger partial charge >= 0.3 is 5.69 Å². The lowest BCUT2D eigenvalue weighted by Crippen LogP contribution is -2.26. The number of aryl methyl sites for hydroxylation is 2. The van der Waals surface area contributed by atoms with Crippen molar-refractivity contribution in [3.05, 3.63) is 32.7 Å². The lowest BCUT2D eigenvalue weighted by Gasteiger charge is -2.24. The molecule has 0 saturated carbocycles. The van der Waals surface area contributed by atoms with Crippen molar-refractivity contribution in [3.63, 3.8) is 0 Å². The van der Waals surface area contributed by atoms with E-state index < -0.39 is 0 Å². The zero-order chi connectivity index (χ0) is 15.7. The van der Waals surface area contributed by atoms with Gasteiger partial charge in [0, 0.05) is 24.6 Å². The summed E-state index contributed by atoms with van der Waals surface area (Å²) in [6, 6.07) is 4.46. The molecular formula is C16H24BrN3O. The average molecular weight is 354 g/mol. The number of aromatic nitrogens is 2. The van der Waals surface area contributed by atoms with Gasteiger partial charge in [-0.2, -0.15) is 0 Å². The molecule has 0 saturated heterocycles. The van der Waals surface area contributed by atoms with E-state index in [4.69, 9.17) is 0 Å². The molecule has 116 valence electrons. The topological polar surface area (TPSA) is 39.0 Å². The zero-order valence-corrected chi connectivity index (χ0v) is 15.0. The first-order chi connectivity index (χ1) is 9.88. The van der Waals surface area contributed by atoms with Gasteiger partial charge in [-0.25, -0.2) is 4.79 Å². The number of hydrogen-bond acceptors (Lipinski definition) is 2. The Kier molecular flexibility index (Phi) is 4.94. The Hall–Kier alpha value is -1.07. The Bertz CT molecular complexity index is 700. The minimum absolute atomic E-state index is 0.0108. The summed E-state index contributed by atoms with van der Waals surface area (Å²) in [5.74, 6) is 0.478. The normalized spacial score (nSPS) is 13.3. The van der Waals surface area contributed by atoms with Crippen LogP contribution in [0.25, 0.3) is 11.0 Å². The van der Waals surface area contributed by atoms with Gasteiger partial charge in [-0.1, -0.05) is 36.7 Å². The number of benzene rings is 1. The van der Waals surface area contributed by atoms with Crippen LogP contribution in [0.5, 0.6) is 0 Å². The van der Waals surface area contributed by atoms with Gasteiger partial charge in [0.15, 0.2) is 0 Å². The maximum absolute atomic E-state index is 12.1. The molecule has 1 heterocycles. The second-order valence-corrected chi connectivity index (χ2v) is 6.79. The molecular weight excluding hydrogens is 330 g/mol. The fourth-order valence-corrected chi connectivity index (χ4v) is 3.36. The van der Waals surface area contributed by atoms with E-state index in [0.29, 0.717) is 5.92 Å². The molecule has 1 aromatic carbocycles. The SMILES string of the molecule is CCCNC(c1cc2c(cc1Br)n(C)c(=O)n2C)C(C)C. The number of rotatable bonds is 5. The first-order valence-electron chi connectivity index (χ1n) is 7.46. The molecule has 1 unspecified atom stereocenters. The van der Waals surface area contributed by atoms with Crippen molar-refractivity contribution >= 4 is 27.0 Å². The molecule has 4 nitrogen and oxygen atoms in total. The van der Waals surface area contributed by atoms with E-state index in [1.165, 1.54) is 5.56 Å². The van der Waals surface area contributed by atoms with Gasteiger partial charge in [-0.3, -0.25) is 9.13 Å². The average Bonchev–Trinajstić information content (AvgIpc) is 2.64. The second kappa shape index (κ2) is 6.36. The predicted octanol–water partition coefficient (Wildman–Crippen LogP) is 3.34. The van der Waals surface area contributed by atoms with Gasteiger partial charge in [0.05, 0.1) is 11.0 Å². The highest BCUT2D eigenvalue weighted by molar-refractivity contribution is 9.10. The Morgan fingerprint density at radius 1 is 1.19 bits per heavy atom. The fourth-order valence-electron chi connectivity index (χ4n) is 2.78. The quantitative estimate of drug-likeness (QED) is 0.895. The van der Waals surface area contributed by atoms with E-state index in [0.717, 1.165) is 28.5 Å². The highest BCUT2D eigenvalue weighted by Gasteiger charge is 2.20.